The van der Waals surface area contributed by atoms with Crippen molar-refractivity contribution in [3.05, 3.63) is 30.1 Å². The van der Waals surface area contributed by atoms with Gasteiger partial charge in [0.25, 0.3) is 0 Å². The first-order chi connectivity index (χ1) is 11.2. The van der Waals surface area contributed by atoms with E-state index in [1.54, 1.807) is 12.1 Å². The molecule has 1 fully saturated rings. The first kappa shape index (κ1) is 17.7. The van der Waals surface area contributed by atoms with Crippen LogP contribution in [0.15, 0.2) is 24.3 Å². The maximum atomic E-state index is 12.9. The monoisotopic (exact) mass is 323 g/mol. The van der Waals surface area contributed by atoms with E-state index >= 15 is 0 Å². The molecule has 0 amide bonds. The minimum absolute atomic E-state index is 0.142. The quantitative estimate of drug-likeness (QED) is 0.589. The molecule has 0 spiro atoms. The third-order valence-electron chi connectivity index (χ3n) is 4.15. The van der Waals surface area contributed by atoms with Gasteiger partial charge in [-0.2, -0.15) is 0 Å². The van der Waals surface area contributed by atoms with Crippen molar-refractivity contribution in [1.29, 1.82) is 0 Å². The van der Waals surface area contributed by atoms with Gasteiger partial charge in [-0.15, -0.1) is 0 Å². The van der Waals surface area contributed by atoms with Crippen molar-refractivity contribution in [1.82, 2.24) is 5.32 Å². The van der Waals surface area contributed by atoms with E-state index in [1.807, 2.05) is 6.92 Å². The normalized spacial score (nSPS) is 21.0. The van der Waals surface area contributed by atoms with Gasteiger partial charge in [-0.05, 0) is 69.3 Å². The number of hydrogen-bond donors (Lipinski definition) is 1. The molecule has 1 saturated carbocycles. The predicted octanol–water partition coefficient (Wildman–Crippen LogP) is 3.31. The highest BCUT2D eigenvalue weighted by Crippen LogP contribution is 2.27. The van der Waals surface area contributed by atoms with Gasteiger partial charge >= 0.3 is 5.97 Å². The number of nitrogens with one attached hydrogen (secondary N) is 1. The van der Waals surface area contributed by atoms with Crippen LogP contribution in [0.25, 0.3) is 0 Å². The predicted molar refractivity (Wildman–Crippen MR) is 86.9 cm³/mol. The summed E-state index contributed by atoms with van der Waals surface area (Å²) < 4.78 is 23.7. The third kappa shape index (κ3) is 6.57. The average Bonchev–Trinajstić information content (AvgIpc) is 2.55. The molecule has 0 unspecified atom stereocenters. The SMILES string of the molecule is CCOC(=O)CCNC[C@H]1CC[C@@H](Oc2ccc(F)cc2)CC1. The maximum Gasteiger partial charge on any atom is 0.307 e. The van der Waals surface area contributed by atoms with Crippen LogP contribution in [0.3, 0.4) is 0 Å². The first-order valence-electron chi connectivity index (χ1n) is 8.46. The molecule has 23 heavy (non-hydrogen) atoms. The molecule has 1 aliphatic carbocycles. The fourth-order valence-corrected chi connectivity index (χ4v) is 2.89. The van der Waals surface area contributed by atoms with Gasteiger partial charge in [0.15, 0.2) is 0 Å². The van der Waals surface area contributed by atoms with Crippen molar-refractivity contribution in [3.63, 3.8) is 0 Å². The van der Waals surface area contributed by atoms with E-state index in [1.165, 1.54) is 12.1 Å². The van der Waals surface area contributed by atoms with Crippen LogP contribution in [0.4, 0.5) is 4.39 Å². The summed E-state index contributed by atoms with van der Waals surface area (Å²) in [6, 6.07) is 6.21. The Balaban J connectivity index is 1.58. The zero-order valence-corrected chi connectivity index (χ0v) is 13.7. The number of carbonyl (C=O) groups is 1. The molecular formula is C18H26FNO3. The fraction of sp³-hybridized carbons (Fsp3) is 0.611. The van der Waals surface area contributed by atoms with Gasteiger partial charge in [-0.1, -0.05) is 0 Å². The third-order valence-corrected chi connectivity index (χ3v) is 4.15. The van der Waals surface area contributed by atoms with Crippen LogP contribution < -0.4 is 10.1 Å². The molecule has 1 aromatic rings. The molecule has 1 aliphatic rings. The molecule has 0 radical (unpaired) electrons. The molecule has 0 atom stereocenters. The van der Waals surface area contributed by atoms with E-state index in [-0.39, 0.29) is 17.9 Å². The Kier molecular flexibility index (Phi) is 7.33. The number of carbonyl (C=O) groups excluding carboxylic acids is 1. The van der Waals surface area contributed by atoms with E-state index in [0.29, 0.717) is 25.5 Å². The van der Waals surface area contributed by atoms with Gasteiger partial charge in [0.05, 0.1) is 19.1 Å². The van der Waals surface area contributed by atoms with Crippen LogP contribution in [0, 0.1) is 11.7 Å². The van der Waals surface area contributed by atoms with Crippen LogP contribution in [0.5, 0.6) is 5.75 Å². The first-order valence-corrected chi connectivity index (χ1v) is 8.46. The lowest BCUT2D eigenvalue weighted by Gasteiger charge is -2.29. The van der Waals surface area contributed by atoms with Crippen LogP contribution in [-0.4, -0.2) is 31.8 Å². The Morgan fingerprint density at radius 2 is 1.91 bits per heavy atom. The Morgan fingerprint density at radius 1 is 1.22 bits per heavy atom. The molecule has 0 aliphatic heterocycles. The Morgan fingerprint density at radius 3 is 2.57 bits per heavy atom. The lowest BCUT2D eigenvalue weighted by molar-refractivity contribution is -0.142. The highest BCUT2D eigenvalue weighted by molar-refractivity contribution is 5.69. The minimum Gasteiger partial charge on any atom is -0.490 e. The fourth-order valence-electron chi connectivity index (χ4n) is 2.89. The van der Waals surface area contributed by atoms with Crippen molar-refractivity contribution in [2.45, 2.75) is 45.1 Å². The Hall–Kier alpha value is -1.62. The molecule has 128 valence electrons. The van der Waals surface area contributed by atoms with Crippen LogP contribution in [0.2, 0.25) is 0 Å². The van der Waals surface area contributed by atoms with E-state index < -0.39 is 0 Å². The minimum atomic E-state index is -0.241. The molecule has 0 bridgehead atoms. The summed E-state index contributed by atoms with van der Waals surface area (Å²) in [5, 5.41) is 3.33. The molecule has 5 heteroatoms. The Bertz CT molecular complexity index is 470. The average molecular weight is 323 g/mol. The maximum absolute atomic E-state index is 12.9. The molecule has 4 nitrogen and oxygen atoms in total. The molecule has 0 aromatic heterocycles. The molecular weight excluding hydrogens is 297 g/mol. The number of esters is 1. The zero-order valence-electron chi connectivity index (χ0n) is 13.7. The van der Waals surface area contributed by atoms with Crippen LogP contribution in [-0.2, 0) is 9.53 Å². The van der Waals surface area contributed by atoms with Gasteiger partial charge in [0, 0.05) is 6.54 Å². The highest BCUT2D eigenvalue weighted by Gasteiger charge is 2.22. The van der Waals surface area contributed by atoms with Crippen molar-refractivity contribution >= 4 is 5.97 Å². The summed E-state index contributed by atoms with van der Waals surface area (Å²) in [4.78, 5) is 11.2. The van der Waals surface area contributed by atoms with Gasteiger partial charge in [0.1, 0.15) is 11.6 Å². The largest absolute Gasteiger partial charge is 0.490 e. The van der Waals surface area contributed by atoms with Crippen LogP contribution >= 0.6 is 0 Å². The number of benzene rings is 1. The van der Waals surface area contributed by atoms with E-state index in [2.05, 4.69) is 5.32 Å². The molecule has 2 rings (SSSR count). The van der Waals surface area contributed by atoms with Gasteiger partial charge in [0.2, 0.25) is 0 Å². The lowest BCUT2D eigenvalue weighted by Crippen LogP contribution is -2.31. The van der Waals surface area contributed by atoms with E-state index in [9.17, 15) is 9.18 Å². The summed E-state index contributed by atoms with van der Waals surface area (Å²) >= 11 is 0. The summed E-state index contributed by atoms with van der Waals surface area (Å²) in [5.74, 6) is 0.985. The number of ether oxygens (including phenoxy) is 2. The summed E-state index contributed by atoms with van der Waals surface area (Å²) in [7, 11) is 0. The standard InChI is InChI=1S/C18H26FNO3/c1-2-22-18(21)11-12-20-13-14-3-7-16(8-4-14)23-17-9-5-15(19)6-10-17/h5-6,9-10,14,16,20H,2-4,7-8,11-13H2,1H3/t14-,16+. The smallest absolute Gasteiger partial charge is 0.307 e. The van der Waals surface area contributed by atoms with Gasteiger partial charge in [-0.3, -0.25) is 4.79 Å². The summed E-state index contributed by atoms with van der Waals surface area (Å²) in [6.07, 6.45) is 4.90. The van der Waals surface area contributed by atoms with E-state index in [0.717, 1.165) is 38.0 Å². The van der Waals surface area contributed by atoms with Crippen molar-refractivity contribution in [2.24, 2.45) is 5.92 Å². The van der Waals surface area contributed by atoms with Crippen molar-refractivity contribution < 1.29 is 18.7 Å². The second-order valence-corrected chi connectivity index (χ2v) is 5.97. The lowest BCUT2D eigenvalue weighted by atomic mass is 9.87. The van der Waals surface area contributed by atoms with Crippen molar-refractivity contribution in [2.75, 3.05) is 19.7 Å². The highest BCUT2D eigenvalue weighted by atomic mass is 19.1. The zero-order chi connectivity index (χ0) is 16.5. The molecule has 0 heterocycles. The van der Waals surface area contributed by atoms with Crippen molar-refractivity contribution in [3.8, 4) is 5.75 Å². The molecule has 1 aromatic carbocycles. The van der Waals surface area contributed by atoms with Crippen LogP contribution in [0.1, 0.15) is 39.0 Å². The second-order valence-electron chi connectivity index (χ2n) is 5.97. The molecule has 1 N–H and O–H groups in total. The summed E-state index contributed by atoms with van der Waals surface area (Å²) in [6.45, 7) is 3.86. The second kappa shape index (κ2) is 9.50. The number of hydrogen-bond acceptors (Lipinski definition) is 4. The Labute approximate surface area is 137 Å². The van der Waals surface area contributed by atoms with Gasteiger partial charge < -0.3 is 14.8 Å². The summed E-state index contributed by atoms with van der Waals surface area (Å²) in [5.41, 5.74) is 0. The topological polar surface area (TPSA) is 47.6 Å². The number of halogens is 1. The molecule has 0 saturated heterocycles. The number of rotatable bonds is 8. The van der Waals surface area contributed by atoms with E-state index in [4.69, 9.17) is 9.47 Å². The van der Waals surface area contributed by atoms with Gasteiger partial charge in [-0.25, -0.2) is 4.39 Å².